The van der Waals surface area contributed by atoms with E-state index < -0.39 is 5.91 Å². The first-order valence-corrected chi connectivity index (χ1v) is 8.37. The van der Waals surface area contributed by atoms with Gasteiger partial charge in [-0.3, -0.25) is 4.79 Å². The van der Waals surface area contributed by atoms with Crippen molar-refractivity contribution in [2.75, 3.05) is 7.11 Å². The van der Waals surface area contributed by atoms with Crippen molar-refractivity contribution in [2.45, 2.75) is 6.61 Å². The van der Waals surface area contributed by atoms with Crippen LogP contribution in [0, 0.1) is 0 Å². The average Bonchev–Trinajstić information content (AvgIpc) is 2.54. The van der Waals surface area contributed by atoms with E-state index in [-0.39, 0.29) is 0 Å². The van der Waals surface area contributed by atoms with Gasteiger partial charge in [-0.1, -0.05) is 29.3 Å². The maximum Gasteiger partial charge on any atom is 0.241 e. The van der Waals surface area contributed by atoms with E-state index >= 15 is 0 Å². The minimum absolute atomic E-state index is 0.294. The molecule has 0 fully saturated rings. The van der Waals surface area contributed by atoms with E-state index in [4.69, 9.17) is 38.4 Å². The van der Waals surface area contributed by atoms with Gasteiger partial charge in [0.1, 0.15) is 6.61 Å². The summed E-state index contributed by atoms with van der Waals surface area (Å²) >= 11 is 15.3. The number of ether oxygens (including phenoxy) is 2. The molecule has 0 aliphatic heterocycles. The highest BCUT2D eigenvalue weighted by atomic mass is 79.9. The average molecular weight is 431 g/mol. The molecule has 0 aromatic heterocycles. The summed E-state index contributed by atoms with van der Waals surface area (Å²) in [4.78, 5) is 10.8. The van der Waals surface area contributed by atoms with E-state index in [1.54, 1.807) is 30.3 Å². The first-order chi connectivity index (χ1) is 11.4. The summed E-state index contributed by atoms with van der Waals surface area (Å²) in [5, 5.41) is 0.959. The number of hydrogen-bond donors (Lipinski definition) is 1. The fraction of sp³-hybridized carbons (Fsp3) is 0.118. The number of primary amides is 1. The van der Waals surface area contributed by atoms with Gasteiger partial charge in [-0.2, -0.15) is 0 Å². The zero-order valence-corrected chi connectivity index (χ0v) is 15.8. The first kappa shape index (κ1) is 18.6. The highest BCUT2D eigenvalue weighted by Crippen LogP contribution is 2.37. The number of amides is 1. The Morgan fingerprint density at radius 2 is 2.00 bits per heavy atom. The summed E-state index contributed by atoms with van der Waals surface area (Å²) in [5.41, 5.74) is 6.72. The fourth-order valence-corrected chi connectivity index (χ4v) is 2.83. The van der Waals surface area contributed by atoms with Crippen LogP contribution >= 0.6 is 39.1 Å². The van der Waals surface area contributed by atoms with Gasteiger partial charge in [0.15, 0.2) is 11.5 Å². The molecule has 2 rings (SSSR count). The highest BCUT2D eigenvalue weighted by Gasteiger charge is 2.12. The minimum Gasteiger partial charge on any atom is -0.493 e. The normalized spacial score (nSPS) is 10.8. The van der Waals surface area contributed by atoms with E-state index in [1.165, 1.54) is 13.2 Å². The Hall–Kier alpha value is -1.69. The Balaban J connectivity index is 2.22. The van der Waals surface area contributed by atoms with E-state index in [9.17, 15) is 4.79 Å². The number of methoxy groups -OCH3 is 1. The predicted octanol–water partition coefficient (Wildman–Crippen LogP) is 4.84. The van der Waals surface area contributed by atoms with Gasteiger partial charge in [-0.05, 0) is 57.4 Å². The Morgan fingerprint density at radius 3 is 2.62 bits per heavy atom. The monoisotopic (exact) mass is 429 g/mol. The molecule has 0 aliphatic carbocycles. The third kappa shape index (κ3) is 4.90. The van der Waals surface area contributed by atoms with Gasteiger partial charge in [-0.25, -0.2) is 0 Å². The number of nitrogens with two attached hydrogens (primary N) is 1. The molecule has 0 atom stereocenters. The smallest absolute Gasteiger partial charge is 0.241 e. The molecule has 2 aromatic carbocycles. The number of carbonyl (C=O) groups is 1. The Bertz CT molecular complexity index is 794. The number of hydrogen-bond acceptors (Lipinski definition) is 3. The van der Waals surface area contributed by atoms with Crippen molar-refractivity contribution in [1.82, 2.24) is 0 Å². The van der Waals surface area contributed by atoms with E-state index in [0.717, 1.165) is 11.1 Å². The lowest BCUT2D eigenvalue weighted by atomic mass is 10.2. The molecule has 1 amide bonds. The third-order valence-electron chi connectivity index (χ3n) is 3.06. The van der Waals surface area contributed by atoms with Crippen LogP contribution in [0.3, 0.4) is 0 Å². The highest BCUT2D eigenvalue weighted by molar-refractivity contribution is 9.10. The van der Waals surface area contributed by atoms with Gasteiger partial charge in [0.05, 0.1) is 21.6 Å². The zero-order valence-electron chi connectivity index (χ0n) is 12.7. The lowest BCUT2D eigenvalue weighted by Gasteiger charge is -2.14. The first-order valence-electron chi connectivity index (χ1n) is 6.82. The molecule has 0 unspecified atom stereocenters. The Morgan fingerprint density at radius 1 is 1.25 bits per heavy atom. The number of halogens is 3. The second-order valence-corrected chi connectivity index (χ2v) is 6.48. The van der Waals surface area contributed by atoms with E-state index in [1.807, 2.05) is 6.07 Å². The van der Waals surface area contributed by atoms with Crippen LogP contribution in [0.4, 0.5) is 0 Å². The van der Waals surface area contributed by atoms with Crippen LogP contribution in [0.5, 0.6) is 11.5 Å². The van der Waals surface area contributed by atoms with Gasteiger partial charge in [0.25, 0.3) is 0 Å². The Labute approximate surface area is 158 Å². The molecule has 0 saturated carbocycles. The van der Waals surface area contributed by atoms with Crippen molar-refractivity contribution in [3.63, 3.8) is 0 Å². The maximum atomic E-state index is 10.8. The van der Waals surface area contributed by atoms with Gasteiger partial charge in [0, 0.05) is 6.08 Å². The Kier molecular flexibility index (Phi) is 6.54. The number of benzene rings is 2. The molecule has 0 spiro atoms. The molecular formula is C17H14BrCl2NO3. The van der Waals surface area contributed by atoms with Gasteiger partial charge < -0.3 is 15.2 Å². The van der Waals surface area contributed by atoms with Crippen LogP contribution in [-0.2, 0) is 11.4 Å². The summed E-state index contributed by atoms with van der Waals surface area (Å²) in [5.74, 6) is 0.540. The SMILES string of the molecule is COc1cc(/C=C/C(N)=O)cc(Br)c1OCc1ccc(Cl)c(Cl)c1. The second-order valence-electron chi connectivity index (χ2n) is 4.81. The topological polar surface area (TPSA) is 61.5 Å². The quantitative estimate of drug-likeness (QED) is 0.666. The lowest BCUT2D eigenvalue weighted by Crippen LogP contribution is -2.05. The molecule has 24 heavy (non-hydrogen) atoms. The number of carbonyl (C=O) groups excluding carboxylic acids is 1. The standard InChI is InChI=1S/C17H14BrCl2NO3/c1-23-15-8-10(3-5-16(21)22)6-12(18)17(15)24-9-11-2-4-13(19)14(20)7-11/h2-8H,9H2,1H3,(H2,21,22)/b5-3+. The van der Waals surface area contributed by atoms with Crippen molar-refractivity contribution in [2.24, 2.45) is 5.73 Å². The molecule has 7 heteroatoms. The van der Waals surface area contributed by atoms with Gasteiger partial charge in [0.2, 0.25) is 5.91 Å². The van der Waals surface area contributed by atoms with Crippen molar-refractivity contribution < 1.29 is 14.3 Å². The van der Waals surface area contributed by atoms with Crippen molar-refractivity contribution in [3.05, 3.63) is 62.1 Å². The summed E-state index contributed by atoms with van der Waals surface area (Å²) in [7, 11) is 1.54. The molecule has 0 heterocycles. The zero-order chi connectivity index (χ0) is 17.7. The molecule has 126 valence electrons. The molecule has 0 saturated heterocycles. The van der Waals surface area contributed by atoms with Crippen molar-refractivity contribution in [1.29, 1.82) is 0 Å². The molecule has 4 nitrogen and oxygen atoms in total. The maximum absolute atomic E-state index is 10.8. The predicted molar refractivity (Wildman–Crippen MR) is 99.7 cm³/mol. The van der Waals surface area contributed by atoms with Gasteiger partial charge >= 0.3 is 0 Å². The van der Waals surface area contributed by atoms with E-state index in [0.29, 0.717) is 32.6 Å². The molecule has 2 aromatic rings. The van der Waals surface area contributed by atoms with Crippen molar-refractivity contribution >= 4 is 51.1 Å². The van der Waals surface area contributed by atoms with E-state index in [2.05, 4.69) is 15.9 Å². The summed E-state index contributed by atoms with van der Waals surface area (Å²) in [6, 6.07) is 8.83. The van der Waals surface area contributed by atoms with Gasteiger partial charge in [-0.15, -0.1) is 0 Å². The summed E-state index contributed by atoms with van der Waals surface area (Å²) in [6.45, 7) is 0.294. The van der Waals surface area contributed by atoms with Crippen LogP contribution in [0.15, 0.2) is 40.9 Å². The summed E-state index contributed by atoms with van der Waals surface area (Å²) in [6.07, 6.45) is 2.87. The molecule has 0 aliphatic rings. The second kappa shape index (κ2) is 8.42. The van der Waals surface area contributed by atoms with Crippen LogP contribution < -0.4 is 15.2 Å². The van der Waals surface area contributed by atoms with Crippen molar-refractivity contribution in [3.8, 4) is 11.5 Å². The third-order valence-corrected chi connectivity index (χ3v) is 4.39. The largest absolute Gasteiger partial charge is 0.493 e. The molecule has 0 radical (unpaired) electrons. The van der Waals surface area contributed by atoms with Crippen LogP contribution in [0.2, 0.25) is 10.0 Å². The summed E-state index contributed by atoms with van der Waals surface area (Å²) < 4.78 is 11.9. The van der Waals surface area contributed by atoms with Crippen LogP contribution in [0.25, 0.3) is 6.08 Å². The molecule has 2 N–H and O–H groups in total. The lowest BCUT2D eigenvalue weighted by molar-refractivity contribution is -0.113. The molecule has 0 bridgehead atoms. The van der Waals surface area contributed by atoms with Crippen LogP contribution in [0.1, 0.15) is 11.1 Å². The minimum atomic E-state index is -0.523. The number of rotatable bonds is 6. The van der Waals surface area contributed by atoms with Crippen LogP contribution in [-0.4, -0.2) is 13.0 Å². The fourth-order valence-electron chi connectivity index (χ4n) is 1.94. The molecular weight excluding hydrogens is 417 g/mol.